The van der Waals surface area contributed by atoms with Gasteiger partial charge in [-0.25, -0.2) is 0 Å². The maximum Gasteiger partial charge on any atom is 0.305 e. The van der Waals surface area contributed by atoms with Gasteiger partial charge in [-0.15, -0.1) is 0 Å². The SMILES string of the molecule is CCCCCCCCCCCCCCCCCCCCC(O)C(CO)NC(=O)CCCCCCCCCCCCCCCCCCCCCCCCCCCCCCCCCCOC(=O)CCCCCCCCCCCCCCCCCC. The lowest BCUT2D eigenvalue weighted by Crippen LogP contribution is -2.45. The Morgan fingerprint density at radius 2 is 0.494 bits per heavy atom. The topological polar surface area (TPSA) is 95.9 Å². The Morgan fingerprint density at radius 1 is 0.289 bits per heavy atom. The Hall–Kier alpha value is -1.14. The molecule has 0 bridgehead atoms. The number of amides is 1. The number of ether oxygens (including phenoxy) is 1. The van der Waals surface area contributed by atoms with E-state index in [1.807, 2.05) is 0 Å². The molecule has 0 aromatic rings. The van der Waals surface area contributed by atoms with Gasteiger partial charge in [0.1, 0.15) is 0 Å². The van der Waals surface area contributed by atoms with Gasteiger partial charge in [0.15, 0.2) is 0 Å². The van der Waals surface area contributed by atoms with Gasteiger partial charge in [0.05, 0.1) is 25.4 Å². The second kappa shape index (κ2) is 73.3. The number of esters is 1. The van der Waals surface area contributed by atoms with Crippen LogP contribution in [0.2, 0.25) is 0 Å². The lowest BCUT2D eigenvalue weighted by Gasteiger charge is -2.22. The first-order chi connectivity index (χ1) is 41.0. The molecule has 6 heteroatoms. The van der Waals surface area contributed by atoms with Crippen molar-refractivity contribution in [1.29, 1.82) is 0 Å². The summed E-state index contributed by atoms with van der Waals surface area (Å²) in [4.78, 5) is 24.6. The quantitative estimate of drug-likeness (QED) is 0.0417. The number of hydrogen-bond acceptors (Lipinski definition) is 5. The lowest BCUT2D eigenvalue weighted by atomic mass is 10.0. The molecule has 0 spiro atoms. The average molecular weight is 1170 g/mol. The van der Waals surface area contributed by atoms with Gasteiger partial charge in [-0.1, -0.05) is 418 Å². The zero-order valence-electron chi connectivity index (χ0n) is 57.0. The summed E-state index contributed by atoms with van der Waals surface area (Å²) >= 11 is 0. The third-order valence-electron chi connectivity index (χ3n) is 18.7. The molecule has 0 aliphatic rings. The molecule has 0 radical (unpaired) electrons. The molecular formula is C77H153NO5. The predicted molar refractivity (Wildman–Crippen MR) is 366 cm³/mol. The summed E-state index contributed by atoms with van der Waals surface area (Å²) in [5.74, 6) is 0.000942. The Labute approximate surface area is 521 Å². The molecule has 0 heterocycles. The van der Waals surface area contributed by atoms with E-state index in [1.54, 1.807) is 0 Å². The lowest BCUT2D eigenvalue weighted by molar-refractivity contribution is -0.143. The largest absolute Gasteiger partial charge is 0.466 e. The minimum absolute atomic E-state index is 0.0252. The highest BCUT2D eigenvalue weighted by Crippen LogP contribution is 2.20. The van der Waals surface area contributed by atoms with Crippen LogP contribution in [-0.4, -0.2) is 47.4 Å². The van der Waals surface area contributed by atoms with Crippen LogP contribution in [0.3, 0.4) is 0 Å². The fourth-order valence-corrected chi connectivity index (χ4v) is 12.8. The van der Waals surface area contributed by atoms with Crippen molar-refractivity contribution in [2.75, 3.05) is 13.2 Å². The van der Waals surface area contributed by atoms with E-state index in [0.717, 1.165) is 38.5 Å². The third kappa shape index (κ3) is 69.8. The molecule has 2 atom stereocenters. The van der Waals surface area contributed by atoms with Gasteiger partial charge in [0, 0.05) is 12.8 Å². The molecule has 0 saturated carbocycles. The first kappa shape index (κ1) is 81.9. The molecular weight excluding hydrogens is 1020 g/mol. The fraction of sp³-hybridized carbons (Fsp3) is 0.974. The Balaban J connectivity index is 3.30. The summed E-state index contributed by atoms with van der Waals surface area (Å²) in [6, 6.07) is -0.537. The summed E-state index contributed by atoms with van der Waals surface area (Å²) < 4.78 is 5.51. The van der Waals surface area contributed by atoms with Crippen molar-refractivity contribution < 1.29 is 24.5 Å². The summed E-state index contributed by atoms with van der Waals surface area (Å²) in [7, 11) is 0. The van der Waals surface area contributed by atoms with Gasteiger partial charge < -0.3 is 20.3 Å². The Morgan fingerprint density at radius 3 is 0.735 bits per heavy atom. The third-order valence-corrected chi connectivity index (χ3v) is 18.7. The molecule has 496 valence electrons. The maximum absolute atomic E-state index is 12.5. The highest BCUT2D eigenvalue weighted by molar-refractivity contribution is 5.76. The van der Waals surface area contributed by atoms with Crippen LogP contribution in [-0.2, 0) is 14.3 Å². The van der Waals surface area contributed by atoms with Crippen molar-refractivity contribution >= 4 is 11.9 Å². The van der Waals surface area contributed by atoms with Crippen molar-refractivity contribution in [1.82, 2.24) is 5.32 Å². The number of hydrogen-bond donors (Lipinski definition) is 3. The summed E-state index contributed by atoms with van der Waals surface area (Å²) in [6.07, 6.45) is 90.5. The number of rotatable bonds is 74. The molecule has 0 saturated heterocycles. The summed E-state index contributed by atoms with van der Waals surface area (Å²) in [5, 5.41) is 23.4. The molecule has 0 aliphatic carbocycles. The van der Waals surface area contributed by atoms with E-state index in [0.29, 0.717) is 25.9 Å². The molecule has 0 rings (SSSR count). The highest BCUT2D eigenvalue weighted by Gasteiger charge is 2.20. The van der Waals surface area contributed by atoms with Crippen LogP contribution >= 0.6 is 0 Å². The second-order valence-electron chi connectivity index (χ2n) is 27.1. The molecule has 2 unspecified atom stereocenters. The second-order valence-corrected chi connectivity index (χ2v) is 27.1. The van der Waals surface area contributed by atoms with Gasteiger partial charge in [-0.05, 0) is 25.7 Å². The maximum atomic E-state index is 12.5. The molecule has 3 N–H and O–H groups in total. The van der Waals surface area contributed by atoms with E-state index in [2.05, 4.69) is 19.2 Å². The van der Waals surface area contributed by atoms with Crippen LogP contribution < -0.4 is 5.32 Å². The van der Waals surface area contributed by atoms with Gasteiger partial charge in [0.2, 0.25) is 5.91 Å². The first-order valence-corrected chi connectivity index (χ1v) is 38.8. The molecule has 0 fully saturated rings. The number of aliphatic hydroxyl groups excluding tert-OH is 2. The van der Waals surface area contributed by atoms with E-state index in [4.69, 9.17) is 4.74 Å². The van der Waals surface area contributed by atoms with E-state index in [-0.39, 0.29) is 18.5 Å². The zero-order chi connectivity index (χ0) is 59.9. The van der Waals surface area contributed by atoms with E-state index < -0.39 is 12.1 Å². The molecule has 83 heavy (non-hydrogen) atoms. The highest BCUT2D eigenvalue weighted by atomic mass is 16.5. The monoisotopic (exact) mass is 1170 g/mol. The van der Waals surface area contributed by atoms with Crippen molar-refractivity contribution in [3.8, 4) is 0 Å². The molecule has 0 aromatic carbocycles. The summed E-state index contributed by atoms with van der Waals surface area (Å²) in [6.45, 7) is 5.02. The fourth-order valence-electron chi connectivity index (χ4n) is 12.8. The standard InChI is InChI=1S/C77H153NO5/c1-3-5-7-9-11-13-15-17-19-21-38-41-45-49-53-57-61-65-69-75(80)74(73-79)78-76(81)70-66-62-58-54-50-46-42-39-36-34-32-30-28-26-24-22-23-25-27-29-31-33-35-37-40-44-48-52-56-60-64-68-72-83-77(82)71-67-63-59-55-51-47-43-20-18-16-14-12-10-8-6-4-2/h74-75,79-80H,3-73H2,1-2H3,(H,78,81). The van der Waals surface area contributed by atoms with Crippen LogP contribution in [0.15, 0.2) is 0 Å². The van der Waals surface area contributed by atoms with Crippen molar-refractivity contribution in [2.45, 2.75) is 469 Å². The van der Waals surface area contributed by atoms with Crippen LogP contribution in [0, 0.1) is 0 Å². The summed E-state index contributed by atoms with van der Waals surface area (Å²) in [5.41, 5.74) is 0. The van der Waals surface area contributed by atoms with Gasteiger partial charge in [-0.2, -0.15) is 0 Å². The van der Waals surface area contributed by atoms with Crippen LogP contribution in [0.4, 0.5) is 0 Å². The minimum atomic E-state index is -0.660. The van der Waals surface area contributed by atoms with Crippen LogP contribution in [0.5, 0.6) is 0 Å². The number of nitrogens with one attached hydrogen (secondary N) is 1. The van der Waals surface area contributed by atoms with Crippen molar-refractivity contribution in [2.24, 2.45) is 0 Å². The normalized spacial score (nSPS) is 12.4. The molecule has 6 nitrogen and oxygen atoms in total. The smallest absolute Gasteiger partial charge is 0.305 e. The Bertz CT molecular complexity index is 1210. The Kier molecular flexibility index (Phi) is 72.3. The predicted octanol–water partition coefficient (Wildman–Crippen LogP) is 25.3. The average Bonchev–Trinajstić information content (AvgIpc) is 3.49. The van der Waals surface area contributed by atoms with Crippen molar-refractivity contribution in [3.63, 3.8) is 0 Å². The molecule has 0 aromatic heterocycles. The van der Waals surface area contributed by atoms with Crippen molar-refractivity contribution in [3.05, 3.63) is 0 Å². The zero-order valence-corrected chi connectivity index (χ0v) is 57.0. The first-order valence-electron chi connectivity index (χ1n) is 38.8. The van der Waals surface area contributed by atoms with Crippen LogP contribution in [0.25, 0.3) is 0 Å². The molecule has 1 amide bonds. The minimum Gasteiger partial charge on any atom is -0.466 e. The van der Waals surface area contributed by atoms with E-state index in [1.165, 1.54) is 385 Å². The number of aliphatic hydroxyl groups is 2. The number of unbranched alkanes of at least 4 members (excludes halogenated alkanes) is 63. The molecule has 0 aliphatic heterocycles. The van der Waals surface area contributed by atoms with E-state index in [9.17, 15) is 19.8 Å². The number of carbonyl (C=O) groups excluding carboxylic acids is 2. The van der Waals surface area contributed by atoms with Gasteiger partial charge in [-0.3, -0.25) is 9.59 Å². The van der Waals surface area contributed by atoms with Crippen LogP contribution in [0.1, 0.15) is 457 Å². The van der Waals surface area contributed by atoms with Gasteiger partial charge in [0.25, 0.3) is 0 Å². The van der Waals surface area contributed by atoms with Gasteiger partial charge >= 0.3 is 5.97 Å². The number of carbonyl (C=O) groups is 2. The van der Waals surface area contributed by atoms with E-state index >= 15 is 0 Å².